The summed E-state index contributed by atoms with van der Waals surface area (Å²) in [6, 6.07) is 5.88. The van der Waals surface area contributed by atoms with Crippen LogP contribution < -0.4 is 14.4 Å². The van der Waals surface area contributed by atoms with Gasteiger partial charge in [0.25, 0.3) is 0 Å². The van der Waals surface area contributed by atoms with E-state index in [0.717, 1.165) is 28.8 Å². The molecule has 0 aliphatic rings. The van der Waals surface area contributed by atoms with Crippen molar-refractivity contribution in [2.45, 2.75) is 13.0 Å². The second kappa shape index (κ2) is 8.10. The van der Waals surface area contributed by atoms with E-state index in [2.05, 4.69) is 5.32 Å². The van der Waals surface area contributed by atoms with Crippen molar-refractivity contribution >= 4 is 38.9 Å². The third-order valence-corrected chi connectivity index (χ3v) is 5.20. The minimum absolute atomic E-state index is 0.00744. The SMILES string of the molecule is COc1ccc(N([C@@H](C)C(=O)Nc2ccc(F)c(F)c2)S(C)(=O)=O)cc1Cl. The van der Waals surface area contributed by atoms with Gasteiger partial charge in [-0.2, -0.15) is 0 Å². The Morgan fingerprint density at radius 3 is 2.37 bits per heavy atom. The summed E-state index contributed by atoms with van der Waals surface area (Å²) in [6.07, 6.45) is 0.937. The van der Waals surface area contributed by atoms with Crippen LogP contribution >= 0.6 is 11.6 Å². The van der Waals surface area contributed by atoms with E-state index in [1.165, 1.54) is 32.2 Å². The Balaban J connectivity index is 2.34. The smallest absolute Gasteiger partial charge is 0.247 e. The van der Waals surface area contributed by atoms with Gasteiger partial charge in [-0.05, 0) is 37.3 Å². The number of amides is 1. The van der Waals surface area contributed by atoms with Gasteiger partial charge >= 0.3 is 0 Å². The molecule has 0 aliphatic heterocycles. The van der Waals surface area contributed by atoms with Crippen LogP contribution in [-0.2, 0) is 14.8 Å². The van der Waals surface area contributed by atoms with Gasteiger partial charge in [0.15, 0.2) is 11.6 Å². The van der Waals surface area contributed by atoms with Crippen LogP contribution in [-0.4, -0.2) is 33.7 Å². The number of methoxy groups -OCH3 is 1. The third kappa shape index (κ3) is 4.86. The number of ether oxygens (including phenoxy) is 1. The third-order valence-electron chi connectivity index (χ3n) is 3.67. The van der Waals surface area contributed by atoms with Gasteiger partial charge in [0.05, 0.1) is 24.1 Å². The van der Waals surface area contributed by atoms with Gasteiger partial charge in [0, 0.05) is 11.8 Å². The van der Waals surface area contributed by atoms with Crippen LogP contribution in [0.15, 0.2) is 36.4 Å². The zero-order valence-corrected chi connectivity index (χ0v) is 16.2. The molecule has 1 amide bonds. The minimum atomic E-state index is -3.87. The number of carbonyl (C=O) groups is 1. The molecule has 0 radical (unpaired) electrons. The fourth-order valence-corrected chi connectivity index (χ4v) is 3.84. The lowest BCUT2D eigenvalue weighted by Gasteiger charge is -2.28. The molecule has 6 nitrogen and oxygen atoms in total. The first-order valence-corrected chi connectivity index (χ1v) is 9.86. The molecular weight excluding hydrogens is 402 g/mol. The molecule has 0 unspecified atom stereocenters. The van der Waals surface area contributed by atoms with Gasteiger partial charge in [-0.3, -0.25) is 9.10 Å². The van der Waals surface area contributed by atoms with Crippen molar-refractivity contribution in [1.82, 2.24) is 0 Å². The molecule has 2 rings (SSSR count). The molecule has 0 heterocycles. The van der Waals surface area contributed by atoms with E-state index in [9.17, 15) is 22.0 Å². The van der Waals surface area contributed by atoms with Crippen molar-refractivity contribution in [3.05, 3.63) is 53.1 Å². The van der Waals surface area contributed by atoms with Gasteiger partial charge in [-0.1, -0.05) is 11.6 Å². The molecule has 0 bridgehead atoms. The number of hydrogen-bond acceptors (Lipinski definition) is 4. The largest absolute Gasteiger partial charge is 0.495 e. The number of rotatable bonds is 6. The summed E-state index contributed by atoms with van der Waals surface area (Å²) >= 11 is 6.05. The van der Waals surface area contributed by atoms with E-state index in [1.54, 1.807) is 0 Å². The molecule has 146 valence electrons. The number of benzene rings is 2. The van der Waals surface area contributed by atoms with Gasteiger partial charge in [0.2, 0.25) is 15.9 Å². The maximum absolute atomic E-state index is 13.3. The lowest BCUT2D eigenvalue weighted by Crippen LogP contribution is -2.45. The molecule has 0 fully saturated rings. The number of hydrogen-bond donors (Lipinski definition) is 1. The molecule has 0 spiro atoms. The topological polar surface area (TPSA) is 75.7 Å². The van der Waals surface area contributed by atoms with Gasteiger partial charge in [0.1, 0.15) is 11.8 Å². The lowest BCUT2D eigenvalue weighted by molar-refractivity contribution is -0.116. The lowest BCUT2D eigenvalue weighted by atomic mass is 10.2. The molecule has 2 aromatic carbocycles. The first-order valence-electron chi connectivity index (χ1n) is 7.63. The van der Waals surface area contributed by atoms with Crippen LogP contribution in [0.2, 0.25) is 5.02 Å². The summed E-state index contributed by atoms with van der Waals surface area (Å²) in [6.45, 7) is 1.36. The quantitative estimate of drug-likeness (QED) is 0.779. The van der Waals surface area contributed by atoms with E-state index in [0.29, 0.717) is 5.75 Å². The molecule has 0 saturated carbocycles. The molecule has 10 heteroatoms. The number of carbonyl (C=O) groups excluding carboxylic acids is 1. The van der Waals surface area contributed by atoms with E-state index in [-0.39, 0.29) is 16.4 Å². The van der Waals surface area contributed by atoms with Crippen LogP contribution in [0.25, 0.3) is 0 Å². The predicted octanol–water partition coefficient (Wildman–Crippen LogP) is 3.42. The number of halogens is 3. The molecule has 27 heavy (non-hydrogen) atoms. The van der Waals surface area contributed by atoms with Crippen molar-refractivity contribution in [3.8, 4) is 5.75 Å². The maximum Gasteiger partial charge on any atom is 0.247 e. The highest BCUT2D eigenvalue weighted by molar-refractivity contribution is 7.92. The molecule has 0 aliphatic carbocycles. The van der Waals surface area contributed by atoms with E-state index in [1.807, 2.05) is 0 Å². The van der Waals surface area contributed by atoms with Crippen LogP contribution in [0.4, 0.5) is 20.2 Å². The second-order valence-corrected chi connectivity index (χ2v) is 7.94. The van der Waals surface area contributed by atoms with Crippen LogP contribution in [0.5, 0.6) is 5.75 Å². The maximum atomic E-state index is 13.3. The standard InChI is InChI=1S/C17H17ClF2N2O4S/c1-10(17(23)21-11-4-6-14(19)15(20)8-11)22(27(3,24)25)12-5-7-16(26-2)13(18)9-12/h4-10H,1-3H3,(H,21,23)/t10-/m0/s1. The molecule has 0 saturated heterocycles. The van der Waals surface area contributed by atoms with Gasteiger partial charge in [-0.15, -0.1) is 0 Å². The van der Waals surface area contributed by atoms with Crippen molar-refractivity contribution in [2.75, 3.05) is 23.0 Å². The highest BCUT2D eigenvalue weighted by atomic mass is 35.5. The fourth-order valence-electron chi connectivity index (χ4n) is 2.42. The number of nitrogens with one attached hydrogen (secondary N) is 1. The zero-order chi connectivity index (χ0) is 20.4. The molecule has 1 N–H and O–H groups in total. The first kappa shape index (κ1) is 20.9. The Labute approximate surface area is 160 Å². The average Bonchev–Trinajstić information content (AvgIpc) is 2.57. The van der Waals surface area contributed by atoms with Crippen molar-refractivity contribution in [2.24, 2.45) is 0 Å². The molecule has 1 atom stereocenters. The Hall–Kier alpha value is -2.39. The van der Waals surface area contributed by atoms with Crippen LogP contribution in [0.1, 0.15) is 6.92 Å². The minimum Gasteiger partial charge on any atom is -0.495 e. The van der Waals surface area contributed by atoms with E-state index in [4.69, 9.17) is 16.3 Å². The van der Waals surface area contributed by atoms with Crippen molar-refractivity contribution < 1.29 is 26.7 Å². The monoisotopic (exact) mass is 418 g/mol. The molecule has 2 aromatic rings. The number of anilines is 2. The van der Waals surface area contributed by atoms with E-state index < -0.39 is 33.6 Å². The highest BCUT2D eigenvalue weighted by Crippen LogP contribution is 2.31. The Bertz CT molecular complexity index is 969. The molecule has 0 aromatic heterocycles. The summed E-state index contributed by atoms with van der Waals surface area (Å²) < 4.78 is 56.7. The Morgan fingerprint density at radius 1 is 1.19 bits per heavy atom. The van der Waals surface area contributed by atoms with Crippen LogP contribution in [0.3, 0.4) is 0 Å². The predicted molar refractivity (Wildman–Crippen MR) is 99.8 cm³/mol. The fraction of sp³-hybridized carbons (Fsp3) is 0.235. The first-order chi connectivity index (χ1) is 12.5. The number of nitrogens with zero attached hydrogens (tertiary/aromatic N) is 1. The highest BCUT2D eigenvalue weighted by Gasteiger charge is 2.29. The summed E-state index contributed by atoms with van der Waals surface area (Å²) in [5, 5.41) is 2.52. The van der Waals surface area contributed by atoms with E-state index >= 15 is 0 Å². The summed E-state index contributed by atoms with van der Waals surface area (Å²) in [5.41, 5.74) is 0.142. The average molecular weight is 419 g/mol. The second-order valence-electron chi connectivity index (χ2n) is 5.67. The summed E-state index contributed by atoms with van der Waals surface area (Å²) in [7, 11) is -2.46. The Kier molecular flexibility index (Phi) is 6.27. The van der Waals surface area contributed by atoms with Crippen molar-refractivity contribution in [1.29, 1.82) is 0 Å². The number of sulfonamides is 1. The molecular formula is C17H17ClF2N2O4S. The zero-order valence-electron chi connectivity index (χ0n) is 14.7. The summed E-state index contributed by atoms with van der Waals surface area (Å²) in [5.74, 6) is -2.60. The van der Waals surface area contributed by atoms with Gasteiger partial charge in [-0.25, -0.2) is 17.2 Å². The van der Waals surface area contributed by atoms with Crippen LogP contribution in [0, 0.1) is 11.6 Å². The summed E-state index contributed by atoms with van der Waals surface area (Å²) in [4.78, 5) is 12.5. The van der Waals surface area contributed by atoms with Crippen molar-refractivity contribution in [3.63, 3.8) is 0 Å². The van der Waals surface area contributed by atoms with Gasteiger partial charge < -0.3 is 10.1 Å². The Morgan fingerprint density at radius 2 is 1.85 bits per heavy atom. The normalized spacial score (nSPS) is 12.4.